The number of anilines is 1. The Morgan fingerprint density at radius 1 is 1.56 bits per heavy atom. The van der Waals surface area contributed by atoms with Crippen molar-refractivity contribution in [3.05, 3.63) is 16.0 Å². The number of thiophene rings is 1. The van der Waals surface area contributed by atoms with Gasteiger partial charge >= 0.3 is 0 Å². The lowest BCUT2D eigenvalue weighted by Crippen LogP contribution is -2.32. The van der Waals surface area contributed by atoms with Crippen LogP contribution in [0.4, 0.5) is 5.00 Å². The largest absolute Gasteiger partial charge is 0.395 e. The number of aryl methyl sites for hydroxylation is 1. The van der Waals surface area contributed by atoms with E-state index in [1.165, 1.54) is 11.3 Å². The fourth-order valence-electron chi connectivity index (χ4n) is 1.51. The van der Waals surface area contributed by atoms with Gasteiger partial charge in [0, 0.05) is 11.4 Å². The predicted molar refractivity (Wildman–Crippen MR) is 71.7 cm³/mol. The van der Waals surface area contributed by atoms with Gasteiger partial charge in [-0.1, -0.05) is 0 Å². The Morgan fingerprint density at radius 2 is 2.22 bits per heavy atom. The van der Waals surface area contributed by atoms with Crippen LogP contribution in [0.15, 0.2) is 0 Å². The van der Waals surface area contributed by atoms with Crippen molar-refractivity contribution in [1.82, 2.24) is 4.90 Å². The SMILES string of the molecule is Cc1sc(NC(=O)CN(C)CCO)c(C#N)c1C. The summed E-state index contributed by atoms with van der Waals surface area (Å²) in [6.07, 6.45) is 0. The third-order valence-electron chi connectivity index (χ3n) is 2.65. The molecule has 0 radical (unpaired) electrons. The van der Waals surface area contributed by atoms with Crippen LogP contribution in [0.5, 0.6) is 0 Å². The first-order valence-corrected chi connectivity index (χ1v) is 6.40. The monoisotopic (exact) mass is 267 g/mol. The molecule has 5 nitrogen and oxygen atoms in total. The van der Waals surface area contributed by atoms with Crippen LogP contribution in [0.2, 0.25) is 0 Å². The van der Waals surface area contributed by atoms with Gasteiger partial charge in [-0.25, -0.2) is 0 Å². The van der Waals surface area contributed by atoms with Crippen LogP contribution >= 0.6 is 11.3 Å². The molecule has 1 heterocycles. The van der Waals surface area contributed by atoms with Crippen LogP contribution in [0, 0.1) is 25.2 Å². The summed E-state index contributed by atoms with van der Waals surface area (Å²) in [5.74, 6) is -0.177. The summed E-state index contributed by atoms with van der Waals surface area (Å²) in [6, 6.07) is 2.11. The van der Waals surface area contributed by atoms with Crippen LogP contribution in [0.1, 0.15) is 16.0 Å². The van der Waals surface area contributed by atoms with Crippen molar-refractivity contribution < 1.29 is 9.90 Å². The highest BCUT2D eigenvalue weighted by Crippen LogP contribution is 2.31. The molecular weight excluding hydrogens is 250 g/mol. The predicted octanol–water partition coefficient (Wildman–Crippen LogP) is 1.10. The fourth-order valence-corrected chi connectivity index (χ4v) is 2.54. The number of amides is 1. The highest BCUT2D eigenvalue weighted by molar-refractivity contribution is 7.16. The molecule has 18 heavy (non-hydrogen) atoms. The van der Waals surface area contributed by atoms with Gasteiger partial charge in [0.05, 0.1) is 18.7 Å². The third-order valence-corrected chi connectivity index (χ3v) is 3.77. The Balaban J connectivity index is 2.71. The number of carbonyl (C=O) groups is 1. The first kappa shape index (κ1) is 14.6. The number of aliphatic hydroxyl groups excluding tert-OH is 1. The number of aliphatic hydroxyl groups is 1. The van der Waals surface area contributed by atoms with Crippen molar-refractivity contribution in [2.75, 3.05) is 32.1 Å². The number of nitriles is 1. The lowest BCUT2D eigenvalue weighted by molar-refractivity contribution is -0.117. The van der Waals surface area contributed by atoms with Gasteiger partial charge in [0.15, 0.2) is 0 Å². The van der Waals surface area contributed by atoms with Crippen molar-refractivity contribution >= 4 is 22.2 Å². The zero-order valence-corrected chi connectivity index (χ0v) is 11.6. The summed E-state index contributed by atoms with van der Waals surface area (Å²) in [7, 11) is 1.76. The van der Waals surface area contributed by atoms with Crippen LogP contribution in [0.25, 0.3) is 0 Å². The Kier molecular flexibility index (Phi) is 5.28. The average molecular weight is 267 g/mol. The smallest absolute Gasteiger partial charge is 0.239 e. The molecule has 0 aromatic carbocycles. The lowest BCUT2D eigenvalue weighted by Gasteiger charge is -2.14. The average Bonchev–Trinajstić information content (AvgIpc) is 2.54. The molecule has 0 atom stereocenters. The molecular formula is C12H17N3O2S. The van der Waals surface area contributed by atoms with Gasteiger partial charge in [-0.3, -0.25) is 9.69 Å². The van der Waals surface area contributed by atoms with E-state index in [-0.39, 0.29) is 19.1 Å². The number of rotatable bonds is 5. The molecule has 0 aliphatic heterocycles. The molecule has 0 unspecified atom stereocenters. The van der Waals surface area contributed by atoms with Crippen molar-refractivity contribution in [2.24, 2.45) is 0 Å². The molecule has 1 aromatic heterocycles. The summed E-state index contributed by atoms with van der Waals surface area (Å²) in [5, 5.41) is 21.2. The van der Waals surface area contributed by atoms with Gasteiger partial charge in [0.25, 0.3) is 0 Å². The summed E-state index contributed by atoms with van der Waals surface area (Å²) >= 11 is 1.41. The van der Waals surface area contributed by atoms with Gasteiger partial charge in [-0.15, -0.1) is 11.3 Å². The minimum absolute atomic E-state index is 0.0183. The first-order chi connectivity index (χ1) is 8.49. The molecule has 2 N–H and O–H groups in total. The minimum atomic E-state index is -0.177. The Labute approximate surface area is 111 Å². The van der Waals surface area contributed by atoms with Gasteiger partial charge in [0.1, 0.15) is 11.1 Å². The molecule has 1 rings (SSSR count). The zero-order chi connectivity index (χ0) is 13.7. The normalized spacial score (nSPS) is 10.4. The molecule has 0 fully saturated rings. The molecule has 0 saturated carbocycles. The highest BCUT2D eigenvalue weighted by atomic mass is 32.1. The van der Waals surface area contributed by atoms with E-state index in [1.807, 2.05) is 13.8 Å². The van der Waals surface area contributed by atoms with Crippen molar-refractivity contribution in [1.29, 1.82) is 5.26 Å². The molecule has 0 spiro atoms. The number of carbonyl (C=O) groups excluding carboxylic acids is 1. The fraction of sp³-hybridized carbons (Fsp3) is 0.500. The minimum Gasteiger partial charge on any atom is -0.395 e. The molecule has 0 bridgehead atoms. The second-order valence-electron chi connectivity index (χ2n) is 4.11. The van der Waals surface area contributed by atoms with Crippen molar-refractivity contribution in [2.45, 2.75) is 13.8 Å². The Morgan fingerprint density at radius 3 is 2.78 bits per heavy atom. The molecule has 1 aromatic rings. The Bertz CT molecular complexity index is 476. The number of hydrogen-bond donors (Lipinski definition) is 2. The van der Waals surface area contributed by atoms with E-state index in [0.29, 0.717) is 17.1 Å². The molecule has 0 aliphatic carbocycles. The van der Waals surface area contributed by atoms with E-state index in [0.717, 1.165) is 10.4 Å². The lowest BCUT2D eigenvalue weighted by atomic mass is 10.2. The maximum Gasteiger partial charge on any atom is 0.239 e. The second-order valence-corrected chi connectivity index (χ2v) is 5.33. The topological polar surface area (TPSA) is 76.4 Å². The van der Waals surface area contributed by atoms with Crippen molar-refractivity contribution in [3.8, 4) is 6.07 Å². The van der Waals surface area contributed by atoms with E-state index >= 15 is 0 Å². The van der Waals surface area contributed by atoms with Gasteiger partial charge in [0.2, 0.25) is 5.91 Å². The van der Waals surface area contributed by atoms with Crippen LogP contribution in [-0.2, 0) is 4.79 Å². The molecule has 1 amide bonds. The van der Waals surface area contributed by atoms with Crippen molar-refractivity contribution in [3.63, 3.8) is 0 Å². The summed E-state index contributed by atoms with van der Waals surface area (Å²) < 4.78 is 0. The zero-order valence-electron chi connectivity index (χ0n) is 10.8. The number of nitrogens with one attached hydrogen (secondary N) is 1. The number of hydrogen-bond acceptors (Lipinski definition) is 5. The summed E-state index contributed by atoms with van der Waals surface area (Å²) in [4.78, 5) is 14.5. The van der Waals surface area contributed by atoms with Gasteiger partial charge in [-0.05, 0) is 26.5 Å². The molecule has 0 aliphatic rings. The summed E-state index contributed by atoms with van der Waals surface area (Å²) in [6.45, 7) is 4.46. The van der Waals surface area contributed by atoms with Crippen LogP contribution in [0.3, 0.4) is 0 Å². The molecule has 0 saturated heterocycles. The van der Waals surface area contributed by atoms with E-state index in [2.05, 4.69) is 11.4 Å². The quantitative estimate of drug-likeness (QED) is 0.837. The Hall–Kier alpha value is -1.42. The van der Waals surface area contributed by atoms with E-state index in [9.17, 15) is 4.79 Å². The maximum atomic E-state index is 11.7. The maximum absolute atomic E-state index is 11.7. The molecule has 6 heteroatoms. The van der Waals surface area contributed by atoms with E-state index < -0.39 is 0 Å². The van der Waals surface area contributed by atoms with E-state index in [4.69, 9.17) is 10.4 Å². The van der Waals surface area contributed by atoms with E-state index in [1.54, 1.807) is 11.9 Å². The van der Waals surface area contributed by atoms with Crippen LogP contribution < -0.4 is 5.32 Å². The number of likely N-dealkylation sites (N-methyl/N-ethyl adjacent to an activating group) is 1. The van der Waals surface area contributed by atoms with Gasteiger partial charge in [-0.2, -0.15) is 5.26 Å². The standard InChI is InChI=1S/C12H17N3O2S/c1-8-9(2)18-12(10(8)6-13)14-11(17)7-15(3)4-5-16/h16H,4-5,7H2,1-3H3,(H,14,17). The first-order valence-electron chi connectivity index (χ1n) is 5.59. The van der Waals surface area contributed by atoms with Gasteiger partial charge < -0.3 is 10.4 Å². The number of nitrogens with zero attached hydrogens (tertiary/aromatic N) is 2. The van der Waals surface area contributed by atoms with Crippen LogP contribution in [-0.4, -0.2) is 42.7 Å². The highest BCUT2D eigenvalue weighted by Gasteiger charge is 2.15. The third kappa shape index (κ3) is 3.53. The molecule has 98 valence electrons. The summed E-state index contributed by atoms with van der Waals surface area (Å²) in [5.41, 5.74) is 1.46. The second kappa shape index (κ2) is 6.50.